The molecule has 0 amide bonds. The second-order valence-corrected chi connectivity index (χ2v) is 6.86. The van der Waals surface area contributed by atoms with Crippen LogP contribution < -0.4 is 4.74 Å². The molecular weight excluding hydrogens is 360 g/mol. The van der Waals surface area contributed by atoms with Crippen LogP contribution in [0.4, 0.5) is 0 Å². The van der Waals surface area contributed by atoms with E-state index in [1.165, 1.54) is 11.3 Å². The topological polar surface area (TPSA) is 65.5 Å². The minimum absolute atomic E-state index is 0.463. The van der Waals surface area contributed by atoms with Gasteiger partial charge in [0.15, 0.2) is 5.76 Å². The Morgan fingerprint density at radius 1 is 1.11 bits per heavy atom. The zero-order chi connectivity index (χ0) is 18.2. The van der Waals surface area contributed by atoms with Gasteiger partial charge in [0.2, 0.25) is 10.8 Å². The molecule has 0 saturated carbocycles. The van der Waals surface area contributed by atoms with Crippen LogP contribution in [-0.2, 0) is 0 Å². The van der Waals surface area contributed by atoms with Crippen LogP contribution in [0.2, 0.25) is 0 Å². The lowest BCUT2D eigenvalue weighted by Gasteiger charge is -2.03. The zero-order valence-corrected chi connectivity index (χ0v) is 15.0. The molecule has 6 nitrogen and oxygen atoms in total. The highest BCUT2D eigenvalue weighted by Crippen LogP contribution is 2.31. The maximum atomic E-state index is 5.91. The molecule has 0 radical (unpaired) electrons. The highest BCUT2D eigenvalue weighted by molar-refractivity contribution is 7.19. The van der Waals surface area contributed by atoms with Crippen LogP contribution >= 0.6 is 11.3 Å². The van der Waals surface area contributed by atoms with Crippen molar-refractivity contribution in [1.29, 1.82) is 0 Å². The first kappa shape index (κ1) is 15.8. The molecular formula is C20H14N4O2S. The van der Waals surface area contributed by atoms with Crippen molar-refractivity contribution < 1.29 is 9.15 Å². The van der Waals surface area contributed by atoms with E-state index in [2.05, 4.69) is 21.9 Å². The van der Waals surface area contributed by atoms with E-state index in [0.717, 1.165) is 27.3 Å². The van der Waals surface area contributed by atoms with E-state index in [1.807, 2.05) is 54.6 Å². The van der Waals surface area contributed by atoms with E-state index in [4.69, 9.17) is 9.15 Å². The van der Waals surface area contributed by atoms with Crippen molar-refractivity contribution in [3.8, 4) is 27.9 Å². The fourth-order valence-corrected chi connectivity index (χ4v) is 3.69. The Balaban J connectivity index is 1.56. The molecule has 27 heavy (non-hydrogen) atoms. The number of ether oxygens (including phenoxy) is 1. The van der Waals surface area contributed by atoms with Crippen LogP contribution in [-0.4, -0.2) is 26.4 Å². The van der Waals surface area contributed by atoms with Gasteiger partial charge < -0.3 is 9.15 Å². The van der Waals surface area contributed by atoms with Gasteiger partial charge in [-0.1, -0.05) is 54.3 Å². The van der Waals surface area contributed by atoms with E-state index in [9.17, 15) is 0 Å². The monoisotopic (exact) mass is 374 g/mol. The van der Waals surface area contributed by atoms with Gasteiger partial charge in [0.05, 0.1) is 0 Å². The lowest BCUT2D eigenvalue weighted by atomic mass is 10.2. The number of aromatic nitrogens is 4. The van der Waals surface area contributed by atoms with Gasteiger partial charge in [-0.15, -0.1) is 10.2 Å². The lowest BCUT2D eigenvalue weighted by Crippen LogP contribution is -1.93. The molecule has 0 bridgehead atoms. The Hall–Kier alpha value is -3.45. The van der Waals surface area contributed by atoms with Crippen LogP contribution in [0.25, 0.3) is 38.1 Å². The molecule has 0 N–H and O–H groups in total. The van der Waals surface area contributed by atoms with Gasteiger partial charge in [0, 0.05) is 10.9 Å². The highest BCUT2D eigenvalue weighted by Gasteiger charge is 2.17. The smallest absolute Gasteiger partial charge is 0.235 e. The summed E-state index contributed by atoms with van der Waals surface area (Å²) in [6, 6.07) is 17.6. The molecule has 0 spiro atoms. The quantitative estimate of drug-likeness (QED) is 0.412. The van der Waals surface area contributed by atoms with Crippen molar-refractivity contribution in [1.82, 2.24) is 19.8 Å². The summed E-state index contributed by atoms with van der Waals surface area (Å²) < 4.78 is 13.2. The van der Waals surface area contributed by atoms with E-state index < -0.39 is 0 Å². The van der Waals surface area contributed by atoms with Crippen molar-refractivity contribution in [3.05, 3.63) is 67.3 Å². The fraction of sp³-hybridized carbons (Fsp3) is 0.0500. The molecule has 132 valence electrons. The Morgan fingerprint density at radius 3 is 2.93 bits per heavy atom. The van der Waals surface area contributed by atoms with Crippen LogP contribution in [0, 0.1) is 0 Å². The molecule has 2 aromatic carbocycles. The molecule has 5 rings (SSSR count). The molecule has 0 saturated heterocycles. The van der Waals surface area contributed by atoms with Crippen molar-refractivity contribution >= 4 is 27.3 Å². The number of para-hydroxylation sites is 1. The summed E-state index contributed by atoms with van der Waals surface area (Å²) in [6.07, 6.45) is 1.72. The summed E-state index contributed by atoms with van der Waals surface area (Å²) >= 11 is 1.47. The van der Waals surface area contributed by atoms with Crippen molar-refractivity contribution in [2.24, 2.45) is 0 Å². The predicted octanol–water partition coefficient (Wildman–Crippen LogP) is 4.83. The third kappa shape index (κ3) is 2.78. The molecule has 0 fully saturated rings. The first-order valence-corrected chi connectivity index (χ1v) is 9.19. The van der Waals surface area contributed by atoms with Crippen LogP contribution in [0.3, 0.4) is 0 Å². The maximum absolute atomic E-state index is 5.91. The molecule has 0 atom stereocenters. The molecule has 3 aromatic heterocycles. The van der Waals surface area contributed by atoms with E-state index in [1.54, 1.807) is 10.6 Å². The number of hydrogen-bond acceptors (Lipinski definition) is 6. The second-order valence-electron chi connectivity index (χ2n) is 5.90. The van der Waals surface area contributed by atoms with Gasteiger partial charge in [-0.3, -0.25) is 0 Å². The molecule has 0 aliphatic heterocycles. The van der Waals surface area contributed by atoms with Gasteiger partial charge in [-0.05, 0) is 24.3 Å². The minimum atomic E-state index is 0.463. The second kappa shape index (κ2) is 6.37. The summed E-state index contributed by atoms with van der Waals surface area (Å²) in [5, 5.41) is 15.0. The standard InChI is InChI=1S/C20H14N4O2S/c1-2-10-25-15-8-5-7-14(11-15)19-23-24-18(21-22-20(24)27-19)17-12-13-6-3-4-9-16(13)26-17/h2-9,11-12H,1,10H2. The Morgan fingerprint density at radius 2 is 2.04 bits per heavy atom. The summed E-state index contributed by atoms with van der Waals surface area (Å²) in [5.41, 5.74) is 1.77. The maximum Gasteiger partial charge on any atom is 0.235 e. The average Bonchev–Trinajstić information content (AvgIpc) is 3.39. The summed E-state index contributed by atoms with van der Waals surface area (Å²) in [5.74, 6) is 2.00. The largest absolute Gasteiger partial charge is 0.490 e. The lowest BCUT2D eigenvalue weighted by molar-refractivity contribution is 0.363. The van der Waals surface area contributed by atoms with Crippen molar-refractivity contribution in [3.63, 3.8) is 0 Å². The molecule has 0 aliphatic carbocycles. The van der Waals surface area contributed by atoms with Crippen molar-refractivity contribution in [2.75, 3.05) is 6.61 Å². The number of benzene rings is 2. The molecule has 3 heterocycles. The van der Waals surface area contributed by atoms with Crippen molar-refractivity contribution in [2.45, 2.75) is 0 Å². The van der Waals surface area contributed by atoms with E-state index >= 15 is 0 Å². The first-order chi connectivity index (χ1) is 13.3. The van der Waals surface area contributed by atoms with Gasteiger partial charge in [-0.2, -0.15) is 9.61 Å². The third-order valence-electron chi connectivity index (χ3n) is 4.09. The number of fused-ring (bicyclic) bond motifs is 2. The number of hydrogen-bond donors (Lipinski definition) is 0. The van der Waals surface area contributed by atoms with Crippen LogP contribution in [0.5, 0.6) is 5.75 Å². The van der Waals surface area contributed by atoms with Gasteiger partial charge in [-0.25, -0.2) is 0 Å². The number of nitrogens with zero attached hydrogens (tertiary/aromatic N) is 4. The molecule has 0 unspecified atom stereocenters. The zero-order valence-electron chi connectivity index (χ0n) is 14.2. The first-order valence-electron chi connectivity index (χ1n) is 8.37. The number of rotatable bonds is 5. The summed E-state index contributed by atoms with van der Waals surface area (Å²) in [6.45, 7) is 4.13. The van der Waals surface area contributed by atoms with Crippen LogP contribution in [0.15, 0.2) is 71.7 Å². The SMILES string of the molecule is C=CCOc1cccc(-c2nn3c(-c4cc5ccccc5o4)nnc3s2)c1. The highest BCUT2D eigenvalue weighted by atomic mass is 32.1. The molecule has 0 aliphatic rings. The third-order valence-corrected chi connectivity index (χ3v) is 5.03. The Labute approximate surface area is 158 Å². The Kier molecular flexibility index (Phi) is 3.72. The van der Waals surface area contributed by atoms with Gasteiger partial charge >= 0.3 is 0 Å². The summed E-state index contributed by atoms with van der Waals surface area (Å²) in [4.78, 5) is 0.706. The van der Waals surface area contributed by atoms with Crippen LogP contribution in [0.1, 0.15) is 0 Å². The minimum Gasteiger partial charge on any atom is -0.490 e. The average molecular weight is 374 g/mol. The van der Waals surface area contributed by atoms with E-state index in [-0.39, 0.29) is 0 Å². The fourth-order valence-electron chi connectivity index (χ4n) is 2.85. The predicted molar refractivity (Wildman–Crippen MR) is 105 cm³/mol. The Bertz CT molecular complexity index is 1230. The van der Waals surface area contributed by atoms with E-state index in [0.29, 0.717) is 23.2 Å². The summed E-state index contributed by atoms with van der Waals surface area (Å²) in [7, 11) is 0. The normalized spacial score (nSPS) is 11.3. The molecule has 7 heteroatoms. The molecule has 5 aromatic rings. The van der Waals surface area contributed by atoms with Gasteiger partial charge in [0.1, 0.15) is 22.9 Å². The number of furan rings is 1. The van der Waals surface area contributed by atoms with Gasteiger partial charge in [0.25, 0.3) is 0 Å².